The van der Waals surface area contributed by atoms with Crippen molar-refractivity contribution in [1.29, 1.82) is 0 Å². The van der Waals surface area contributed by atoms with Gasteiger partial charge in [0.25, 0.3) is 5.91 Å². The molecule has 3 rings (SSSR count). The van der Waals surface area contributed by atoms with Gasteiger partial charge in [-0.05, 0) is 30.2 Å². The molecule has 0 spiro atoms. The van der Waals surface area contributed by atoms with Crippen molar-refractivity contribution in [2.45, 2.75) is 12.8 Å². The molecule has 3 aromatic rings. The average molecular weight is 373 g/mol. The van der Waals surface area contributed by atoms with Crippen molar-refractivity contribution >= 4 is 11.8 Å². The van der Waals surface area contributed by atoms with Gasteiger partial charge in [0.1, 0.15) is 0 Å². The van der Waals surface area contributed by atoms with E-state index < -0.39 is 0 Å². The Morgan fingerprint density at radius 2 is 1.39 bits per heavy atom. The van der Waals surface area contributed by atoms with Crippen molar-refractivity contribution in [1.82, 2.24) is 15.6 Å². The molecule has 0 bridgehead atoms. The zero-order valence-electron chi connectivity index (χ0n) is 15.8. The summed E-state index contributed by atoms with van der Waals surface area (Å²) in [6.45, 7) is 2.56. The molecule has 28 heavy (non-hydrogen) atoms. The number of benzene rings is 2. The molecule has 5 heteroatoms. The van der Waals surface area contributed by atoms with Crippen LogP contribution in [0, 0.1) is 6.92 Å². The van der Waals surface area contributed by atoms with Crippen LogP contribution in [0.1, 0.15) is 33.1 Å². The Balaban J connectivity index is 1.58. The molecule has 2 N–H and O–H groups in total. The maximum Gasteiger partial charge on any atom is 0.252 e. The Kier molecular flexibility index (Phi) is 6.52. The fourth-order valence-electron chi connectivity index (χ4n) is 2.95. The Hall–Kier alpha value is -3.47. The number of aromatic nitrogens is 1. The second-order valence-electron chi connectivity index (χ2n) is 6.49. The fraction of sp³-hybridized carbons (Fsp3) is 0.174. The number of hydrogen-bond acceptors (Lipinski definition) is 3. The van der Waals surface area contributed by atoms with E-state index in [2.05, 4.69) is 15.6 Å². The third kappa shape index (κ3) is 5.04. The van der Waals surface area contributed by atoms with Gasteiger partial charge in [-0.15, -0.1) is 0 Å². The first-order chi connectivity index (χ1) is 13.6. The molecular weight excluding hydrogens is 350 g/mol. The van der Waals surface area contributed by atoms with Crippen LogP contribution in [0.15, 0.2) is 79.0 Å². The van der Waals surface area contributed by atoms with E-state index in [1.165, 1.54) is 0 Å². The topological polar surface area (TPSA) is 71.1 Å². The molecule has 0 saturated heterocycles. The maximum atomic E-state index is 12.9. The van der Waals surface area contributed by atoms with Gasteiger partial charge >= 0.3 is 0 Å². The summed E-state index contributed by atoms with van der Waals surface area (Å²) in [7, 11) is 0. The third-order valence-corrected chi connectivity index (χ3v) is 4.41. The van der Waals surface area contributed by atoms with Crippen LogP contribution in [0.25, 0.3) is 0 Å². The summed E-state index contributed by atoms with van der Waals surface area (Å²) in [6.07, 6.45) is 1.55. The van der Waals surface area contributed by atoms with Crippen molar-refractivity contribution in [3.63, 3.8) is 0 Å². The lowest BCUT2D eigenvalue weighted by molar-refractivity contribution is -0.121. The summed E-state index contributed by atoms with van der Waals surface area (Å²) in [5.74, 6) is -0.688. The van der Waals surface area contributed by atoms with E-state index in [1.54, 1.807) is 18.3 Å². The van der Waals surface area contributed by atoms with Crippen molar-refractivity contribution in [3.05, 3.63) is 101 Å². The highest BCUT2D eigenvalue weighted by molar-refractivity contribution is 5.94. The minimum absolute atomic E-state index is 0.0938. The van der Waals surface area contributed by atoms with Crippen LogP contribution in [-0.4, -0.2) is 29.9 Å². The minimum atomic E-state index is -0.389. The van der Waals surface area contributed by atoms with Gasteiger partial charge in [0.05, 0.1) is 11.5 Å². The van der Waals surface area contributed by atoms with Crippen molar-refractivity contribution < 1.29 is 9.59 Å². The van der Waals surface area contributed by atoms with E-state index in [1.807, 2.05) is 67.6 Å². The van der Waals surface area contributed by atoms with E-state index in [0.717, 1.165) is 16.8 Å². The zero-order valence-corrected chi connectivity index (χ0v) is 15.8. The number of nitrogens with zero attached hydrogens (tertiary/aromatic N) is 1. The lowest BCUT2D eigenvalue weighted by Crippen LogP contribution is -2.37. The molecule has 1 heterocycles. The number of rotatable bonds is 7. The zero-order chi connectivity index (χ0) is 19.8. The van der Waals surface area contributed by atoms with Gasteiger partial charge < -0.3 is 10.6 Å². The van der Waals surface area contributed by atoms with E-state index in [9.17, 15) is 9.59 Å². The number of amides is 2. The number of aryl methyl sites for hydroxylation is 1. The smallest absolute Gasteiger partial charge is 0.252 e. The van der Waals surface area contributed by atoms with E-state index >= 15 is 0 Å². The second-order valence-corrected chi connectivity index (χ2v) is 6.49. The third-order valence-electron chi connectivity index (χ3n) is 4.41. The number of pyridine rings is 1. The van der Waals surface area contributed by atoms with E-state index in [-0.39, 0.29) is 17.7 Å². The highest BCUT2D eigenvalue weighted by Gasteiger charge is 2.22. The van der Waals surface area contributed by atoms with Crippen molar-refractivity contribution in [3.8, 4) is 0 Å². The highest BCUT2D eigenvalue weighted by Crippen LogP contribution is 2.24. The van der Waals surface area contributed by atoms with Gasteiger partial charge in [0, 0.05) is 25.0 Å². The summed E-state index contributed by atoms with van der Waals surface area (Å²) < 4.78 is 0. The van der Waals surface area contributed by atoms with Crippen LogP contribution in [0.4, 0.5) is 0 Å². The summed E-state index contributed by atoms with van der Waals surface area (Å²) in [5.41, 5.74) is 3.22. The van der Waals surface area contributed by atoms with Gasteiger partial charge in [-0.25, -0.2) is 0 Å². The molecule has 142 valence electrons. The first kappa shape index (κ1) is 19.3. The molecule has 0 radical (unpaired) electrons. The van der Waals surface area contributed by atoms with Crippen LogP contribution in [0.2, 0.25) is 0 Å². The Morgan fingerprint density at radius 1 is 0.821 bits per heavy atom. The second kappa shape index (κ2) is 9.46. The molecule has 2 amide bonds. The fourth-order valence-corrected chi connectivity index (χ4v) is 2.95. The predicted octanol–water partition coefficient (Wildman–Crippen LogP) is 3.07. The van der Waals surface area contributed by atoms with Crippen LogP contribution in [0.3, 0.4) is 0 Å². The average Bonchev–Trinajstić information content (AvgIpc) is 2.73. The standard InChI is InChI=1S/C23H23N3O2/c1-17-12-13-20(16-26-17)22(27)24-14-15-25-23(28)21(18-8-4-2-5-9-18)19-10-6-3-7-11-19/h2-13,16,21H,14-15H2,1H3,(H,24,27)(H,25,28). The maximum absolute atomic E-state index is 12.9. The van der Waals surface area contributed by atoms with Crippen LogP contribution in [-0.2, 0) is 4.79 Å². The molecule has 0 unspecified atom stereocenters. The van der Waals surface area contributed by atoms with E-state index in [4.69, 9.17) is 0 Å². The molecular formula is C23H23N3O2. The largest absolute Gasteiger partial charge is 0.354 e. The van der Waals surface area contributed by atoms with Crippen molar-refractivity contribution in [2.75, 3.05) is 13.1 Å². The molecule has 0 aliphatic carbocycles. The van der Waals surface area contributed by atoms with Gasteiger partial charge in [-0.3, -0.25) is 14.6 Å². The summed E-state index contributed by atoms with van der Waals surface area (Å²) >= 11 is 0. The Morgan fingerprint density at radius 3 is 1.93 bits per heavy atom. The van der Waals surface area contributed by atoms with Crippen LogP contribution in [0.5, 0.6) is 0 Å². The molecule has 0 aliphatic heterocycles. The SMILES string of the molecule is Cc1ccc(C(=O)NCCNC(=O)C(c2ccccc2)c2ccccc2)cn1. The quantitative estimate of drug-likeness (QED) is 0.625. The van der Waals surface area contributed by atoms with Gasteiger partial charge in [0.2, 0.25) is 5.91 Å². The lowest BCUT2D eigenvalue weighted by atomic mass is 9.90. The summed E-state index contributed by atoms with van der Waals surface area (Å²) in [5, 5.41) is 5.72. The molecule has 0 atom stereocenters. The number of nitrogens with one attached hydrogen (secondary N) is 2. The molecule has 0 fully saturated rings. The molecule has 0 saturated carbocycles. The summed E-state index contributed by atoms with van der Waals surface area (Å²) in [6, 6.07) is 22.9. The number of hydrogen-bond donors (Lipinski definition) is 2. The Bertz CT molecular complexity index is 870. The summed E-state index contributed by atoms with van der Waals surface area (Å²) in [4.78, 5) is 29.1. The van der Waals surface area contributed by atoms with E-state index in [0.29, 0.717) is 18.7 Å². The molecule has 1 aromatic heterocycles. The van der Waals surface area contributed by atoms with Gasteiger partial charge in [-0.1, -0.05) is 60.7 Å². The molecule has 0 aliphatic rings. The predicted molar refractivity (Wildman–Crippen MR) is 109 cm³/mol. The minimum Gasteiger partial charge on any atom is -0.354 e. The number of carbonyl (C=O) groups excluding carboxylic acids is 2. The van der Waals surface area contributed by atoms with Gasteiger partial charge in [0.15, 0.2) is 0 Å². The van der Waals surface area contributed by atoms with Crippen molar-refractivity contribution in [2.24, 2.45) is 0 Å². The number of carbonyl (C=O) groups is 2. The lowest BCUT2D eigenvalue weighted by Gasteiger charge is -2.18. The normalized spacial score (nSPS) is 10.5. The first-order valence-electron chi connectivity index (χ1n) is 9.23. The van der Waals surface area contributed by atoms with Gasteiger partial charge in [-0.2, -0.15) is 0 Å². The van der Waals surface area contributed by atoms with Crippen LogP contribution < -0.4 is 10.6 Å². The molecule has 5 nitrogen and oxygen atoms in total. The van der Waals surface area contributed by atoms with Crippen LogP contribution >= 0.6 is 0 Å². The highest BCUT2D eigenvalue weighted by atomic mass is 16.2. The first-order valence-corrected chi connectivity index (χ1v) is 9.23. The Labute approximate surface area is 164 Å². The monoisotopic (exact) mass is 373 g/mol. The molecule has 2 aromatic carbocycles.